The van der Waals surface area contributed by atoms with E-state index in [0.717, 1.165) is 43.5 Å². The molecule has 4 aliphatic rings. The minimum Gasteiger partial charge on any atom is -0.494 e. The van der Waals surface area contributed by atoms with Gasteiger partial charge in [0.1, 0.15) is 17.4 Å². The summed E-state index contributed by atoms with van der Waals surface area (Å²) in [4.78, 5) is 49.0. The molecule has 3 amide bonds. The van der Waals surface area contributed by atoms with Gasteiger partial charge in [-0.3, -0.25) is 14.4 Å². The highest BCUT2D eigenvalue weighted by molar-refractivity contribution is 6.04. The highest BCUT2D eigenvalue weighted by Gasteiger charge is 2.75. The molecule has 1 aromatic carbocycles. The van der Waals surface area contributed by atoms with E-state index in [0.29, 0.717) is 52.0 Å². The maximum Gasteiger partial charge on any atom is 0.249 e. The van der Waals surface area contributed by atoms with Gasteiger partial charge in [-0.2, -0.15) is 0 Å². The second-order valence-electron chi connectivity index (χ2n) is 12.5. The lowest BCUT2D eigenvalue weighted by atomic mass is 9.73. The Bertz CT molecular complexity index is 1250. The molecular formula is C35H49N3O6. The standard InChI is InChI=1S/C35H49N3O6/c1-4-7-10-21-36-22-14-20-35-29(32(41)38(30(35)33(36)42)23-11-8-9-12-25-39)28-31(40)37(24-13-19-34(28,5-2)44-35)26-15-17-27(18-16-26)43-6-3/h13-20,28-30,39H,4-12,21-25H2,1-3H3/t28-,29-,30?,34+,35-/m0/s1. The molecule has 2 fully saturated rings. The molecule has 0 saturated carbocycles. The van der Waals surface area contributed by atoms with Crippen LogP contribution >= 0.6 is 0 Å². The molecule has 5 atom stereocenters. The molecule has 0 radical (unpaired) electrons. The minimum absolute atomic E-state index is 0.0974. The SMILES string of the molecule is CCCCCN1CC=C[C@]23O[C@]4(CC)C=CCN(c5ccc(OCC)cc5)C(=O)[C@@H]4[C@H]2C(=O)N(CCCCCCO)C3C1=O. The van der Waals surface area contributed by atoms with Crippen molar-refractivity contribution in [2.75, 3.05) is 44.3 Å². The van der Waals surface area contributed by atoms with Crippen LogP contribution in [0.4, 0.5) is 5.69 Å². The van der Waals surface area contributed by atoms with Gasteiger partial charge in [0.05, 0.1) is 24.0 Å². The van der Waals surface area contributed by atoms with Crippen LogP contribution in [0.3, 0.4) is 0 Å². The van der Waals surface area contributed by atoms with E-state index < -0.39 is 29.1 Å². The molecule has 1 aromatic rings. The molecule has 9 nitrogen and oxygen atoms in total. The average Bonchev–Trinajstić information content (AvgIpc) is 3.31. The zero-order valence-corrected chi connectivity index (χ0v) is 26.6. The second-order valence-corrected chi connectivity index (χ2v) is 12.5. The van der Waals surface area contributed by atoms with E-state index in [-0.39, 0.29) is 24.3 Å². The molecule has 1 N–H and O–H groups in total. The number of aliphatic hydroxyl groups excluding tert-OH is 1. The third-order valence-corrected chi connectivity index (χ3v) is 9.82. The van der Waals surface area contributed by atoms with Gasteiger partial charge in [0.2, 0.25) is 17.7 Å². The number of likely N-dealkylation sites (tertiary alicyclic amines) is 1. The van der Waals surface area contributed by atoms with Gasteiger partial charge in [-0.15, -0.1) is 0 Å². The zero-order valence-electron chi connectivity index (χ0n) is 26.6. The summed E-state index contributed by atoms with van der Waals surface area (Å²) >= 11 is 0. The number of rotatable bonds is 14. The number of nitrogens with zero attached hydrogens (tertiary/aromatic N) is 3. The molecule has 9 heteroatoms. The van der Waals surface area contributed by atoms with E-state index in [1.165, 1.54) is 0 Å². The number of carbonyl (C=O) groups is 3. The van der Waals surface area contributed by atoms with E-state index in [9.17, 15) is 19.5 Å². The number of hydrogen-bond donors (Lipinski definition) is 1. The Morgan fingerprint density at radius 1 is 0.841 bits per heavy atom. The third kappa shape index (κ3) is 5.69. The van der Waals surface area contributed by atoms with E-state index in [1.807, 2.05) is 67.3 Å². The average molecular weight is 608 g/mol. The Labute approximate surface area is 261 Å². The highest BCUT2D eigenvalue weighted by atomic mass is 16.5. The lowest BCUT2D eigenvalue weighted by molar-refractivity contribution is -0.152. The van der Waals surface area contributed by atoms with Crippen molar-refractivity contribution in [1.82, 2.24) is 9.80 Å². The fraction of sp³-hybridized carbons (Fsp3) is 0.629. The number of anilines is 1. The van der Waals surface area contributed by atoms with Crippen molar-refractivity contribution < 1.29 is 29.0 Å². The predicted octanol–water partition coefficient (Wildman–Crippen LogP) is 4.49. The first kappa shape index (κ1) is 32.2. The Morgan fingerprint density at radius 3 is 2.27 bits per heavy atom. The summed E-state index contributed by atoms with van der Waals surface area (Å²) in [5.74, 6) is -1.31. The molecule has 240 valence electrons. The summed E-state index contributed by atoms with van der Waals surface area (Å²) in [6, 6.07) is 6.64. The second kappa shape index (κ2) is 13.9. The molecule has 1 unspecified atom stereocenters. The summed E-state index contributed by atoms with van der Waals surface area (Å²) < 4.78 is 12.7. The monoisotopic (exact) mass is 607 g/mol. The number of aliphatic hydroxyl groups is 1. The largest absolute Gasteiger partial charge is 0.494 e. The van der Waals surface area contributed by atoms with E-state index in [2.05, 4.69) is 6.92 Å². The van der Waals surface area contributed by atoms with Gasteiger partial charge in [-0.25, -0.2) is 0 Å². The molecule has 44 heavy (non-hydrogen) atoms. The lowest BCUT2D eigenvalue weighted by Gasteiger charge is -2.38. The van der Waals surface area contributed by atoms with Crippen LogP contribution in [0.5, 0.6) is 5.75 Å². The normalized spacial score (nSPS) is 29.5. The van der Waals surface area contributed by atoms with Gasteiger partial charge in [0.25, 0.3) is 0 Å². The van der Waals surface area contributed by atoms with Gasteiger partial charge in [-0.1, -0.05) is 63.8 Å². The van der Waals surface area contributed by atoms with Crippen molar-refractivity contribution in [2.45, 2.75) is 89.4 Å². The lowest BCUT2D eigenvalue weighted by Crippen LogP contribution is -2.56. The zero-order chi connectivity index (χ0) is 31.3. The summed E-state index contributed by atoms with van der Waals surface area (Å²) in [7, 11) is 0. The number of carbonyl (C=O) groups excluding carboxylic acids is 3. The first-order valence-corrected chi connectivity index (χ1v) is 16.7. The molecule has 5 rings (SSSR count). The number of unbranched alkanes of at least 4 members (excludes halogenated alkanes) is 5. The van der Waals surface area contributed by atoms with Crippen LogP contribution in [0.15, 0.2) is 48.6 Å². The van der Waals surface area contributed by atoms with E-state index in [1.54, 1.807) is 9.80 Å². The summed E-state index contributed by atoms with van der Waals surface area (Å²) in [5.41, 5.74) is -1.51. The summed E-state index contributed by atoms with van der Waals surface area (Å²) in [6.45, 7) is 8.61. The van der Waals surface area contributed by atoms with Gasteiger partial charge in [-0.05, 0) is 56.9 Å². The fourth-order valence-corrected chi connectivity index (χ4v) is 7.67. The predicted molar refractivity (Wildman–Crippen MR) is 169 cm³/mol. The topological polar surface area (TPSA) is 99.6 Å². The minimum atomic E-state index is -1.23. The van der Waals surface area contributed by atoms with Crippen molar-refractivity contribution in [3.63, 3.8) is 0 Å². The van der Waals surface area contributed by atoms with Gasteiger partial charge < -0.3 is 29.3 Å². The quantitative estimate of drug-likeness (QED) is 0.247. The van der Waals surface area contributed by atoms with Crippen LogP contribution in [-0.4, -0.2) is 89.3 Å². The Kier molecular flexibility index (Phi) is 10.2. The number of hydrogen-bond acceptors (Lipinski definition) is 6. The third-order valence-electron chi connectivity index (χ3n) is 9.82. The Balaban J connectivity index is 1.53. The highest BCUT2D eigenvalue weighted by Crippen LogP contribution is 2.58. The maximum absolute atomic E-state index is 14.7. The van der Waals surface area contributed by atoms with Gasteiger partial charge >= 0.3 is 0 Å². The maximum atomic E-state index is 14.7. The molecule has 4 aliphatic heterocycles. The number of ether oxygens (including phenoxy) is 2. The van der Waals surface area contributed by atoms with E-state index in [4.69, 9.17) is 9.47 Å². The van der Waals surface area contributed by atoms with Crippen LogP contribution in [0, 0.1) is 11.8 Å². The first-order chi connectivity index (χ1) is 21.4. The fourth-order valence-electron chi connectivity index (χ4n) is 7.67. The molecule has 1 spiro atoms. The number of fused-ring (bicyclic) bond motifs is 2. The molecular weight excluding hydrogens is 558 g/mol. The molecule has 0 aromatic heterocycles. The summed E-state index contributed by atoms with van der Waals surface area (Å²) in [6.07, 6.45) is 14.5. The van der Waals surface area contributed by atoms with Gasteiger partial charge in [0, 0.05) is 38.5 Å². The first-order valence-electron chi connectivity index (χ1n) is 16.7. The van der Waals surface area contributed by atoms with Crippen LogP contribution in [0.25, 0.3) is 0 Å². The smallest absolute Gasteiger partial charge is 0.249 e. The van der Waals surface area contributed by atoms with E-state index >= 15 is 0 Å². The van der Waals surface area contributed by atoms with Crippen LogP contribution in [-0.2, 0) is 19.1 Å². The van der Waals surface area contributed by atoms with Crippen LogP contribution < -0.4 is 9.64 Å². The Hall–Kier alpha value is -3.17. The van der Waals surface area contributed by atoms with Gasteiger partial charge in [0.15, 0.2) is 0 Å². The number of amides is 3. The number of benzene rings is 1. The van der Waals surface area contributed by atoms with Crippen LogP contribution in [0.1, 0.15) is 72.1 Å². The molecule has 4 heterocycles. The van der Waals surface area contributed by atoms with Crippen molar-refractivity contribution in [3.8, 4) is 5.75 Å². The van der Waals surface area contributed by atoms with Crippen molar-refractivity contribution in [2.24, 2.45) is 11.8 Å². The van der Waals surface area contributed by atoms with Crippen molar-refractivity contribution in [1.29, 1.82) is 0 Å². The summed E-state index contributed by atoms with van der Waals surface area (Å²) in [5, 5.41) is 9.23. The molecule has 0 aliphatic carbocycles. The van der Waals surface area contributed by atoms with Crippen LogP contribution in [0.2, 0.25) is 0 Å². The van der Waals surface area contributed by atoms with Crippen molar-refractivity contribution >= 4 is 23.4 Å². The molecule has 0 bridgehead atoms. The Morgan fingerprint density at radius 2 is 1.57 bits per heavy atom. The van der Waals surface area contributed by atoms with Crippen molar-refractivity contribution in [3.05, 3.63) is 48.6 Å². The molecule has 2 saturated heterocycles.